The molecule has 0 fully saturated rings. The Hall–Kier alpha value is 0.160. The summed E-state index contributed by atoms with van der Waals surface area (Å²) in [7, 11) is 0. The maximum absolute atomic E-state index is 9.82. The SMILES string of the molecule is CC(=O)CC#N.[NaH]. The van der Waals surface area contributed by atoms with Gasteiger partial charge in [-0.1, -0.05) is 0 Å². The predicted molar refractivity (Wildman–Crippen MR) is 28.1 cm³/mol. The fraction of sp³-hybridized carbons (Fsp3) is 0.500. The molecule has 0 saturated heterocycles. The first-order chi connectivity index (χ1) is 2.77. The minimum atomic E-state index is -0.0718. The van der Waals surface area contributed by atoms with Crippen molar-refractivity contribution in [2.24, 2.45) is 0 Å². The van der Waals surface area contributed by atoms with Gasteiger partial charge in [0.2, 0.25) is 0 Å². The number of hydrogen-bond acceptors (Lipinski definition) is 2. The molecule has 0 aliphatic carbocycles. The Morgan fingerprint density at radius 3 is 2.29 bits per heavy atom. The Kier molecular flexibility index (Phi) is 8.98. The Bertz CT molecular complexity index is 94.4. The Balaban J connectivity index is 0. The summed E-state index contributed by atoms with van der Waals surface area (Å²) in [5.41, 5.74) is 0. The summed E-state index contributed by atoms with van der Waals surface area (Å²) in [6.07, 6.45) is 0.0417. The molecule has 0 radical (unpaired) electrons. The van der Waals surface area contributed by atoms with E-state index >= 15 is 0 Å². The van der Waals surface area contributed by atoms with Crippen molar-refractivity contribution < 1.29 is 4.79 Å². The summed E-state index contributed by atoms with van der Waals surface area (Å²) in [6, 6.07) is 1.72. The van der Waals surface area contributed by atoms with Gasteiger partial charge < -0.3 is 0 Å². The van der Waals surface area contributed by atoms with Crippen LogP contribution in [0.15, 0.2) is 0 Å². The molecule has 7 heavy (non-hydrogen) atoms. The first-order valence-corrected chi connectivity index (χ1v) is 1.63. The normalized spacial score (nSPS) is 5.71. The van der Waals surface area contributed by atoms with Crippen molar-refractivity contribution in [3.63, 3.8) is 0 Å². The molecular weight excluding hydrogens is 101 g/mol. The molecule has 2 nitrogen and oxygen atoms in total. The van der Waals surface area contributed by atoms with Gasteiger partial charge in [0.15, 0.2) is 0 Å². The van der Waals surface area contributed by atoms with E-state index in [1.165, 1.54) is 6.92 Å². The van der Waals surface area contributed by atoms with Crippen LogP contribution in [0.25, 0.3) is 0 Å². The predicted octanol–water partition coefficient (Wildman–Crippen LogP) is -0.159. The number of nitriles is 1. The van der Waals surface area contributed by atoms with E-state index in [4.69, 9.17) is 5.26 Å². The van der Waals surface area contributed by atoms with Crippen LogP contribution >= 0.6 is 0 Å². The van der Waals surface area contributed by atoms with Crippen molar-refractivity contribution in [3.8, 4) is 6.07 Å². The van der Waals surface area contributed by atoms with Crippen LogP contribution in [0.3, 0.4) is 0 Å². The topological polar surface area (TPSA) is 40.9 Å². The molecule has 0 heterocycles. The first-order valence-electron chi connectivity index (χ1n) is 1.63. The summed E-state index contributed by atoms with van der Waals surface area (Å²) in [4.78, 5) is 9.82. The van der Waals surface area contributed by atoms with Gasteiger partial charge in [0.1, 0.15) is 5.78 Å². The van der Waals surface area contributed by atoms with E-state index in [-0.39, 0.29) is 41.8 Å². The molecule has 0 aromatic carbocycles. The fourth-order valence-electron chi connectivity index (χ4n) is 0.111. The van der Waals surface area contributed by atoms with E-state index in [2.05, 4.69) is 0 Å². The summed E-state index contributed by atoms with van der Waals surface area (Å²) in [5.74, 6) is -0.0718. The van der Waals surface area contributed by atoms with Crippen molar-refractivity contribution >= 4 is 35.3 Å². The van der Waals surface area contributed by atoms with Gasteiger partial charge in [-0.25, -0.2) is 0 Å². The van der Waals surface area contributed by atoms with Crippen LogP contribution in [0.5, 0.6) is 0 Å². The van der Waals surface area contributed by atoms with Gasteiger partial charge in [-0.05, 0) is 6.92 Å². The third-order valence-corrected chi connectivity index (χ3v) is 0.328. The summed E-state index contributed by atoms with van der Waals surface area (Å²) >= 11 is 0. The van der Waals surface area contributed by atoms with Crippen molar-refractivity contribution in [1.82, 2.24) is 0 Å². The van der Waals surface area contributed by atoms with Crippen LogP contribution in [0, 0.1) is 11.3 Å². The third-order valence-electron chi connectivity index (χ3n) is 0.328. The number of nitrogens with zero attached hydrogens (tertiary/aromatic N) is 1. The van der Waals surface area contributed by atoms with Crippen LogP contribution in [0.4, 0.5) is 0 Å². The van der Waals surface area contributed by atoms with Gasteiger partial charge in [0, 0.05) is 0 Å². The van der Waals surface area contributed by atoms with E-state index < -0.39 is 0 Å². The van der Waals surface area contributed by atoms with E-state index in [1.54, 1.807) is 6.07 Å². The maximum atomic E-state index is 9.82. The molecule has 0 aliphatic rings. The summed E-state index contributed by atoms with van der Waals surface area (Å²) < 4.78 is 0. The van der Waals surface area contributed by atoms with Crippen LogP contribution in [-0.2, 0) is 4.79 Å². The molecule has 3 heteroatoms. The number of carbonyl (C=O) groups is 1. The standard InChI is InChI=1S/C4H5NO.Na.H/c1-4(6)2-3-5;;/h2H2,1H3;;. The average molecular weight is 107 g/mol. The molecule has 0 spiro atoms. The molecule has 0 atom stereocenters. The fourth-order valence-corrected chi connectivity index (χ4v) is 0.111. The second-order valence-electron chi connectivity index (χ2n) is 1.04. The molecule has 0 N–H and O–H groups in total. The van der Waals surface area contributed by atoms with E-state index in [1.807, 2.05) is 0 Å². The average Bonchev–Trinajstić information content (AvgIpc) is 1.35. The number of hydrogen-bond donors (Lipinski definition) is 0. The molecule has 0 unspecified atom stereocenters. The molecule has 0 rings (SSSR count). The molecule has 0 saturated carbocycles. The molecule has 0 aliphatic heterocycles. The van der Waals surface area contributed by atoms with Gasteiger partial charge in [0.25, 0.3) is 0 Å². The summed E-state index contributed by atoms with van der Waals surface area (Å²) in [6.45, 7) is 1.39. The van der Waals surface area contributed by atoms with E-state index in [0.29, 0.717) is 0 Å². The summed E-state index contributed by atoms with van der Waals surface area (Å²) in [5, 5.41) is 7.77. The Labute approximate surface area is 64.8 Å². The van der Waals surface area contributed by atoms with Gasteiger partial charge in [-0.3, -0.25) is 4.79 Å². The third kappa shape index (κ3) is 10.7. The zero-order chi connectivity index (χ0) is 4.99. The zero-order valence-corrected chi connectivity index (χ0v) is 3.56. The van der Waals surface area contributed by atoms with Crippen LogP contribution in [0.2, 0.25) is 0 Å². The molecular formula is C4H6NNaO. The molecule has 0 bridgehead atoms. The minimum absolute atomic E-state index is 0. The number of Topliss-reactive ketones (excluding diaryl/α,β-unsaturated/α-hetero) is 1. The quantitative estimate of drug-likeness (QED) is 0.437. The number of ketones is 1. The van der Waals surface area contributed by atoms with E-state index in [0.717, 1.165) is 0 Å². The first kappa shape index (κ1) is 10.2. The van der Waals surface area contributed by atoms with Crippen molar-refractivity contribution in [3.05, 3.63) is 0 Å². The molecule has 0 aromatic rings. The monoisotopic (exact) mass is 107 g/mol. The van der Waals surface area contributed by atoms with Gasteiger partial charge >= 0.3 is 29.6 Å². The van der Waals surface area contributed by atoms with Gasteiger partial charge in [-0.2, -0.15) is 5.26 Å². The van der Waals surface area contributed by atoms with Crippen LogP contribution in [-0.4, -0.2) is 35.3 Å². The van der Waals surface area contributed by atoms with Gasteiger partial charge in [-0.15, -0.1) is 0 Å². The second-order valence-corrected chi connectivity index (χ2v) is 1.04. The Morgan fingerprint density at radius 1 is 1.86 bits per heavy atom. The molecule has 34 valence electrons. The number of rotatable bonds is 1. The zero-order valence-electron chi connectivity index (χ0n) is 3.56. The van der Waals surface area contributed by atoms with Crippen molar-refractivity contribution in [2.75, 3.05) is 0 Å². The molecule has 0 aromatic heterocycles. The van der Waals surface area contributed by atoms with E-state index in [9.17, 15) is 4.79 Å². The van der Waals surface area contributed by atoms with Gasteiger partial charge in [0.05, 0.1) is 12.5 Å². The van der Waals surface area contributed by atoms with Crippen LogP contribution in [0.1, 0.15) is 13.3 Å². The van der Waals surface area contributed by atoms with Crippen LogP contribution < -0.4 is 0 Å². The Morgan fingerprint density at radius 2 is 2.29 bits per heavy atom. The molecule has 0 amide bonds. The second kappa shape index (κ2) is 6.16. The van der Waals surface area contributed by atoms with Crippen molar-refractivity contribution in [2.45, 2.75) is 13.3 Å². The van der Waals surface area contributed by atoms with Crippen molar-refractivity contribution in [1.29, 1.82) is 5.26 Å². The number of carbonyl (C=O) groups excluding carboxylic acids is 1.